The average Bonchev–Trinajstić information content (AvgIpc) is 3.30. The third-order valence-electron chi connectivity index (χ3n) is 11.7. The van der Waals surface area contributed by atoms with Crippen LogP contribution in [0.15, 0.2) is 48.6 Å². The summed E-state index contributed by atoms with van der Waals surface area (Å²) >= 11 is 0. The van der Waals surface area contributed by atoms with E-state index in [1.165, 1.54) is 161 Å². The molecule has 380 valence electrons. The largest absolute Gasteiger partial charge is 0.472 e. The Morgan fingerprint density at radius 3 is 1.20 bits per heavy atom. The average molecular weight is 936 g/mol. The molecule has 0 aromatic rings. The number of rotatable bonds is 51. The van der Waals surface area contributed by atoms with Crippen molar-refractivity contribution in [2.24, 2.45) is 5.73 Å². The number of carbonyl (C=O) groups is 2. The van der Waals surface area contributed by atoms with Crippen molar-refractivity contribution in [2.45, 2.75) is 264 Å². The van der Waals surface area contributed by atoms with E-state index in [0.717, 1.165) is 64.2 Å². The van der Waals surface area contributed by atoms with Gasteiger partial charge in [0.15, 0.2) is 6.10 Å². The Bertz CT molecular complexity index is 1200. The Morgan fingerprint density at radius 2 is 0.800 bits per heavy atom. The smallest absolute Gasteiger partial charge is 0.462 e. The Labute approximate surface area is 400 Å². The summed E-state index contributed by atoms with van der Waals surface area (Å²) in [4.78, 5) is 35.1. The topological polar surface area (TPSA) is 134 Å². The molecule has 0 aromatic heterocycles. The Balaban J connectivity index is 3.98. The van der Waals surface area contributed by atoms with Crippen LogP contribution in [0.4, 0.5) is 0 Å². The van der Waals surface area contributed by atoms with E-state index in [2.05, 4.69) is 62.5 Å². The first kappa shape index (κ1) is 63.0. The molecule has 65 heavy (non-hydrogen) atoms. The highest BCUT2D eigenvalue weighted by Gasteiger charge is 2.26. The zero-order valence-electron chi connectivity index (χ0n) is 42.2. The van der Waals surface area contributed by atoms with Crippen molar-refractivity contribution in [3.05, 3.63) is 48.6 Å². The molecule has 0 aliphatic heterocycles. The molecule has 2 unspecified atom stereocenters. The van der Waals surface area contributed by atoms with Gasteiger partial charge >= 0.3 is 19.8 Å². The van der Waals surface area contributed by atoms with E-state index >= 15 is 0 Å². The van der Waals surface area contributed by atoms with Gasteiger partial charge in [-0.25, -0.2) is 4.57 Å². The molecule has 0 aliphatic rings. The molecule has 10 heteroatoms. The van der Waals surface area contributed by atoms with Crippen LogP contribution in [-0.2, 0) is 32.7 Å². The molecule has 0 bridgehead atoms. The second kappa shape index (κ2) is 51.4. The van der Waals surface area contributed by atoms with Crippen LogP contribution in [0.3, 0.4) is 0 Å². The van der Waals surface area contributed by atoms with E-state index in [4.69, 9.17) is 24.3 Å². The highest BCUT2D eigenvalue weighted by Crippen LogP contribution is 2.43. The molecule has 2 atom stereocenters. The fourth-order valence-corrected chi connectivity index (χ4v) is 8.40. The summed E-state index contributed by atoms with van der Waals surface area (Å²) in [7, 11) is -4.39. The Morgan fingerprint density at radius 1 is 0.462 bits per heavy atom. The molecule has 0 aliphatic carbocycles. The van der Waals surface area contributed by atoms with Crippen LogP contribution >= 0.6 is 7.82 Å². The van der Waals surface area contributed by atoms with E-state index in [1.807, 2.05) is 0 Å². The van der Waals surface area contributed by atoms with E-state index in [1.54, 1.807) is 0 Å². The van der Waals surface area contributed by atoms with Gasteiger partial charge in [0.25, 0.3) is 0 Å². The van der Waals surface area contributed by atoms with Crippen LogP contribution in [0.25, 0.3) is 0 Å². The van der Waals surface area contributed by atoms with Gasteiger partial charge in [0.1, 0.15) is 6.61 Å². The second-order valence-electron chi connectivity index (χ2n) is 18.1. The van der Waals surface area contributed by atoms with Crippen molar-refractivity contribution < 1.29 is 37.6 Å². The van der Waals surface area contributed by atoms with Crippen molar-refractivity contribution in [3.8, 4) is 0 Å². The first-order chi connectivity index (χ1) is 31.8. The van der Waals surface area contributed by atoms with Gasteiger partial charge in [0.2, 0.25) is 0 Å². The summed E-state index contributed by atoms with van der Waals surface area (Å²) in [6.07, 6.45) is 61.5. The fourth-order valence-electron chi connectivity index (χ4n) is 7.64. The second-order valence-corrected chi connectivity index (χ2v) is 19.5. The maximum absolute atomic E-state index is 12.7. The van der Waals surface area contributed by atoms with Crippen molar-refractivity contribution in [1.29, 1.82) is 0 Å². The number of ether oxygens (including phenoxy) is 2. The predicted octanol–water partition coefficient (Wildman–Crippen LogP) is 16.6. The van der Waals surface area contributed by atoms with Crippen LogP contribution in [0, 0.1) is 0 Å². The molecule has 9 nitrogen and oxygen atoms in total. The molecular formula is C55H102NO8P. The number of carbonyl (C=O) groups excluding carboxylic acids is 2. The minimum atomic E-state index is -4.39. The molecule has 0 radical (unpaired) electrons. The number of nitrogens with two attached hydrogens (primary N) is 1. The van der Waals surface area contributed by atoms with Crippen molar-refractivity contribution in [3.63, 3.8) is 0 Å². The number of hydrogen-bond donors (Lipinski definition) is 2. The van der Waals surface area contributed by atoms with E-state index in [9.17, 15) is 19.0 Å². The molecule has 0 spiro atoms. The molecule has 0 aromatic carbocycles. The minimum absolute atomic E-state index is 0.0519. The van der Waals surface area contributed by atoms with Gasteiger partial charge in [-0.15, -0.1) is 0 Å². The first-order valence-corrected chi connectivity index (χ1v) is 28.6. The van der Waals surface area contributed by atoms with E-state index < -0.39 is 26.5 Å². The lowest BCUT2D eigenvalue weighted by atomic mass is 10.0. The maximum atomic E-state index is 12.7. The number of allylic oxidation sites excluding steroid dienone is 8. The highest BCUT2D eigenvalue weighted by atomic mass is 31.2. The van der Waals surface area contributed by atoms with Crippen LogP contribution in [0.2, 0.25) is 0 Å². The molecule has 3 N–H and O–H groups in total. The molecule has 0 rings (SSSR count). The lowest BCUT2D eigenvalue weighted by Gasteiger charge is -2.19. The van der Waals surface area contributed by atoms with Crippen molar-refractivity contribution in [2.75, 3.05) is 26.4 Å². The quantitative estimate of drug-likeness (QED) is 0.0265. The first-order valence-electron chi connectivity index (χ1n) is 27.1. The summed E-state index contributed by atoms with van der Waals surface area (Å²) in [5, 5.41) is 0. The minimum Gasteiger partial charge on any atom is -0.462 e. The maximum Gasteiger partial charge on any atom is 0.472 e. The lowest BCUT2D eigenvalue weighted by Crippen LogP contribution is -2.29. The normalized spacial score (nSPS) is 13.5. The third kappa shape index (κ3) is 51.2. The van der Waals surface area contributed by atoms with Crippen molar-refractivity contribution >= 4 is 19.8 Å². The van der Waals surface area contributed by atoms with E-state index in [-0.39, 0.29) is 38.6 Å². The number of esters is 2. The predicted molar refractivity (Wildman–Crippen MR) is 275 cm³/mol. The van der Waals surface area contributed by atoms with Crippen LogP contribution in [0.5, 0.6) is 0 Å². The molecule has 0 saturated carbocycles. The SMILES string of the molecule is CCCCC/C=C\C/C=C\CCCCCCCCCC(=O)OCC(COP(=O)(O)OCCN)OC(=O)CCCCCCCCCCCCCCCCC/C=C\C/C=C\CCCCCCC. The lowest BCUT2D eigenvalue weighted by molar-refractivity contribution is -0.161. The number of unbranched alkanes of at least 4 members (excludes halogenated alkanes) is 30. The monoisotopic (exact) mass is 936 g/mol. The van der Waals surface area contributed by atoms with Gasteiger partial charge < -0.3 is 20.1 Å². The van der Waals surface area contributed by atoms with Gasteiger partial charge in [-0.2, -0.15) is 0 Å². The van der Waals surface area contributed by atoms with Gasteiger partial charge in [0.05, 0.1) is 13.2 Å². The third-order valence-corrected chi connectivity index (χ3v) is 12.7. The number of hydrogen-bond acceptors (Lipinski definition) is 8. The Kier molecular flexibility index (Phi) is 49.8. The zero-order valence-corrected chi connectivity index (χ0v) is 43.1. The molecule has 0 saturated heterocycles. The van der Waals surface area contributed by atoms with Gasteiger partial charge in [-0.1, -0.05) is 217 Å². The number of phosphoric acid groups is 1. The molecule has 0 amide bonds. The summed E-state index contributed by atoms with van der Waals surface area (Å²) < 4.78 is 33.0. The van der Waals surface area contributed by atoms with Crippen LogP contribution in [-0.4, -0.2) is 49.3 Å². The van der Waals surface area contributed by atoms with Gasteiger partial charge in [-0.05, 0) is 77.0 Å². The van der Waals surface area contributed by atoms with Crippen LogP contribution < -0.4 is 5.73 Å². The summed E-state index contributed by atoms with van der Waals surface area (Å²) in [5.74, 6) is -0.830. The number of phosphoric ester groups is 1. The molecular weight excluding hydrogens is 834 g/mol. The van der Waals surface area contributed by atoms with Gasteiger partial charge in [0, 0.05) is 19.4 Å². The van der Waals surface area contributed by atoms with E-state index in [0.29, 0.717) is 6.42 Å². The fraction of sp³-hybridized carbons (Fsp3) is 0.818. The summed E-state index contributed by atoms with van der Waals surface area (Å²) in [6.45, 7) is 3.72. The summed E-state index contributed by atoms with van der Waals surface area (Å²) in [5.41, 5.74) is 5.37. The Hall–Kier alpha value is -2.03. The zero-order chi connectivity index (χ0) is 47.4. The standard InChI is InChI=1S/C55H102NO8P/c1-3-5-7-9-11-13-15-17-19-21-22-23-24-25-26-27-28-29-30-32-34-36-38-40-42-44-46-48-55(58)64-53(52-63-65(59,60)62-50-49-56)51-61-54(57)47-45-43-41-39-37-35-33-31-20-18-16-14-12-10-8-6-4-2/h12,14-15,17-18,20-22,53H,3-11,13,16,19,23-52,56H2,1-2H3,(H,59,60)/b14-12-,17-15-,20-18-,22-21-. The van der Waals surface area contributed by atoms with Gasteiger partial charge in [-0.3, -0.25) is 18.6 Å². The van der Waals surface area contributed by atoms with Crippen LogP contribution in [0.1, 0.15) is 258 Å². The highest BCUT2D eigenvalue weighted by molar-refractivity contribution is 7.47. The summed E-state index contributed by atoms with van der Waals surface area (Å²) in [6, 6.07) is 0. The molecule has 0 fully saturated rings. The van der Waals surface area contributed by atoms with Crippen molar-refractivity contribution in [1.82, 2.24) is 0 Å². The molecule has 0 heterocycles.